The molecule has 0 fully saturated rings. The molecule has 5 atom stereocenters. The molecule has 0 aliphatic carbocycles. The smallest absolute Gasteiger partial charge is 0.382 e. The molecule has 47 heavy (non-hydrogen) atoms. The highest BCUT2D eigenvalue weighted by atomic mass is 19.4. The first kappa shape index (κ1) is 39.1. The van der Waals surface area contributed by atoms with Crippen LogP contribution >= 0.6 is 0 Å². The number of halogens is 3. The SMILES string of the molecule is CC(C)c1ccc(C(=O)C[C@H](C(=O)N[C@@H](Cc2ccccc2)C(=O)C[C@@H](C)C(=O)NC(CCC(N)=O)C(O)C(F)(F)F)C(C)C)cc1. The number of nitrogens with two attached hydrogens (primary N) is 1. The van der Waals surface area contributed by atoms with Gasteiger partial charge in [0.15, 0.2) is 17.7 Å². The summed E-state index contributed by atoms with van der Waals surface area (Å²) < 4.78 is 39.7. The Morgan fingerprint density at radius 3 is 1.94 bits per heavy atom. The Labute approximate surface area is 273 Å². The second-order valence-corrected chi connectivity index (χ2v) is 12.7. The molecule has 0 radical (unpaired) electrons. The highest BCUT2D eigenvalue weighted by Gasteiger charge is 2.44. The van der Waals surface area contributed by atoms with Crippen molar-refractivity contribution in [3.05, 3.63) is 71.3 Å². The van der Waals surface area contributed by atoms with E-state index >= 15 is 0 Å². The zero-order valence-corrected chi connectivity index (χ0v) is 27.5. The molecular formula is C35H46F3N3O6. The topological polar surface area (TPSA) is 156 Å². The molecule has 0 bridgehead atoms. The van der Waals surface area contributed by atoms with Crippen LogP contribution in [0, 0.1) is 17.8 Å². The second-order valence-electron chi connectivity index (χ2n) is 12.7. The summed E-state index contributed by atoms with van der Waals surface area (Å²) >= 11 is 0. The Kier molecular flexibility index (Phi) is 14.8. The van der Waals surface area contributed by atoms with Crippen LogP contribution in [0.15, 0.2) is 54.6 Å². The van der Waals surface area contributed by atoms with Crippen LogP contribution in [-0.2, 0) is 25.6 Å². The molecule has 9 nitrogen and oxygen atoms in total. The van der Waals surface area contributed by atoms with E-state index in [4.69, 9.17) is 5.73 Å². The molecule has 0 aliphatic heterocycles. The van der Waals surface area contributed by atoms with Crippen molar-refractivity contribution in [2.75, 3.05) is 0 Å². The van der Waals surface area contributed by atoms with Gasteiger partial charge in [0, 0.05) is 36.7 Å². The number of hydrogen-bond donors (Lipinski definition) is 4. The maximum atomic E-state index is 13.6. The van der Waals surface area contributed by atoms with Crippen molar-refractivity contribution in [3.8, 4) is 0 Å². The van der Waals surface area contributed by atoms with Gasteiger partial charge in [0.2, 0.25) is 17.7 Å². The quantitative estimate of drug-likeness (QED) is 0.171. The third-order valence-electron chi connectivity index (χ3n) is 8.13. The lowest BCUT2D eigenvalue weighted by atomic mass is 9.87. The summed E-state index contributed by atoms with van der Waals surface area (Å²) in [6.45, 7) is 9.00. The van der Waals surface area contributed by atoms with Crippen molar-refractivity contribution >= 4 is 29.3 Å². The number of aliphatic hydroxyl groups excluding tert-OH is 1. The molecule has 2 aromatic carbocycles. The van der Waals surface area contributed by atoms with Gasteiger partial charge in [-0.05, 0) is 35.8 Å². The lowest BCUT2D eigenvalue weighted by Crippen LogP contribution is -2.52. The normalized spacial score (nSPS) is 15.0. The summed E-state index contributed by atoms with van der Waals surface area (Å²) in [5.74, 6) is -5.04. The Morgan fingerprint density at radius 2 is 1.43 bits per heavy atom. The van der Waals surface area contributed by atoms with E-state index in [-0.39, 0.29) is 30.5 Å². The number of amides is 3. The van der Waals surface area contributed by atoms with Gasteiger partial charge in [0.05, 0.1) is 12.1 Å². The Hall–Kier alpha value is -4.06. The molecule has 0 spiro atoms. The van der Waals surface area contributed by atoms with Crippen LogP contribution in [0.25, 0.3) is 0 Å². The largest absolute Gasteiger partial charge is 0.416 e. The lowest BCUT2D eigenvalue weighted by molar-refractivity contribution is -0.213. The first-order valence-corrected chi connectivity index (χ1v) is 15.7. The van der Waals surface area contributed by atoms with E-state index in [1.165, 1.54) is 6.92 Å². The monoisotopic (exact) mass is 661 g/mol. The minimum absolute atomic E-state index is 0.0726. The second kappa shape index (κ2) is 17.7. The number of Topliss-reactive ketones (excluding diaryl/α,β-unsaturated/α-hetero) is 2. The van der Waals surface area contributed by atoms with Gasteiger partial charge in [-0.1, -0.05) is 89.2 Å². The Morgan fingerprint density at radius 1 is 0.830 bits per heavy atom. The fraction of sp³-hybridized carbons (Fsp3) is 0.514. The van der Waals surface area contributed by atoms with Crippen molar-refractivity contribution in [1.82, 2.24) is 10.6 Å². The van der Waals surface area contributed by atoms with Crippen molar-refractivity contribution in [1.29, 1.82) is 0 Å². The third kappa shape index (κ3) is 12.6. The zero-order valence-electron chi connectivity index (χ0n) is 27.5. The van der Waals surface area contributed by atoms with Gasteiger partial charge in [0.25, 0.3) is 0 Å². The van der Waals surface area contributed by atoms with Crippen LogP contribution in [0.4, 0.5) is 13.2 Å². The van der Waals surface area contributed by atoms with Crippen molar-refractivity contribution in [2.24, 2.45) is 23.5 Å². The number of alkyl halides is 3. The maximum absolute atomic E-state index is 13.6. The molecule has 5 N–H and O–H groups in total. The van der Waals surface area contributed by atoms with Crippen molar-refractivity contribution in [3.63, 3.8) is 0 Å². The Bertz CT molecular complexity index is 1360. The molecule has 3 amide bonds. The van der Waals surface area contributed by atoms with E-state index < -0.39 is 79.0 Å². The van der Waals surface area contributed by atoms with Crippen LogP contribution in [0.1, 0.15) is 87.7 Å². The number of carbonyl (C=O) groups is 5. The summed E-state index contributed by atoms with van der Waals surface area (Å²) in [6, 6.07) is 13.1. The van der Waals surface area contributed by atoms with E-state index in [2.05, 4.69) is 10.6 Å². The number of rotatable bonds is 18. The van der Waals surface area contributed by atoms with Gasteiger partial charge >= 0.3 is 6.18 Å². The van der Waals surface area contributed by atoms with E-state index in [9.17, 15) is 42.3 Å². The number of primary amides is 1. The molecule has 258 valence electrons. The van der Waals surface area contributed by atoms with Crippen molar-refractivity contribution in [2.45, 2.75) is 97.0 Å². The molecule has 0 saturated carbocycles. The van der Waals surface area contributed by atoms with E-state index in [1.54, 1.807) is 56.3 Å². The van der Waals surface area contributed by atoms with E-state index in [0.29, 0.717) is 11.1 Å². The number of ketones is 2. The number of carbonyl (C=O) groups excluding carboxylic acids is 5. The minimum Gasteiger partial charge on any atom is -0.382 e. The van der Waals surface area contributed by atoms with Crippen LogP contribution < -0.4 is 16.4 Å². The van der Waals surface area contributed by atoms with Gasteiger partial charge < -0.3 is 21.5 Å². The number of benzene rings is 2. The lowest BCUT2D eigenvalue weighted by Gasteiger charge is -2.27. The standard InChI is InChI=1S/C35H46F3N3O6/c1-20(2)24-11-13-25(14-12-24)29(42)19-26(21(3)4)34(47)41-28(18-23-9-7-6-8-10-23)30(43)17-22(5)33(46)40-27(15-16-31(39)44)32(45)35(36,37)38/h6-14,20-22,26-28,32,45H,15-19H2,1-5H3,(H2,39,44)(H,40,46)(H,41,47)/t22-,26+,27?,28+,32?/m1/s1. The third-order valence-corrected chi connectivity index (χ3v) is 8.13. The number of nitrogens with one attached hydrogen (secondary N) is 2. The molecule has 0 heterocycles. The average molecular weight is 662 g/mol. The average Bonchev–Trinajstić information content (AvgIpc) is 3.00. The summed E-state index contributed by atoms with van der Waals surface area (Å²) in [7, 11) is 0. The fourth-order valence-electron chi connectivity index (χ4n) is 5.07. The highest BCUT2D eigenvalue weighted by molar-refractivity contribution is 5.99. The minimum atomic E-state index is -5.08. The van der Waals surface area contributed by atoms with Gasteiger partial charge in [-0.15, -0.1) is 0 Å². The Balaban J connectivity index is 2.22. The zero-order chi connectivity index (χ0) is 35.5. The number of hydrogen-bond acceptors (Lipinski definition) is 6. The van der Waals surface area contributed by atoms with Gasteiger partial charge in [0.1, 0.15) is 0 Å². The van der Waals surface area contributed by atoms with Gasteiger partial charge in [-0.3, -0.25) is 24.0 Å². The molecule has 2 rings (SSSR count). The maximum Gasteiger partial charge on any atom is 0.416 e. The van der Waals surface area contributed by atoms with E-state index in [1.807, 2.05) is 26.0 Å². The van der Waals surface area contributed by atoms with Crippen molar-refractivity contribution < 1.29 is 42.3 Å². The molecule has 12 heteroatoms. The van der Waals surface area contributed by atoms with Crippen LogP contribution in [-0.4, -0.2) is 58.8 Å². The fourth-order valence-corrected chi connectivity index (χ4v) is 5.07. The summed E-state index contributed by atoms with van der Waals surface area (Å²) in [5.41, 5.74) is 7.29. The van der Waals surface area contributed by atoms with Crippen LogP contribution in [0.3, 0.4) is 0 Å². The van der Waals surface area contributed by atoms with Gasteiger partial charge in [-0.2, -0.15) is 13.2 Å². The summed E-state index contributed by atoms with van der Waals surface area (Å²) in [6.07, 6.45) is -9.57. The van der Waals surface area contributed by atoms with Crippen LogP contribution in [0.2, 0.25) is 0 Å². The predicted molar refractivity (Wildman–Crippen MR) is 171 cm³/mol. The molecule has 0 aliphatic rings. The number of aliphatic hydroxyl groups is 1. The van der Waals surface area contributed by atoms with E-state index in [0.717, 1.165) is 5.56 Å². The van der Waals surface area contributed by atoms with Gasteiger partial charge in [-0.25, -0.2) is 0 Å². The first-order valence-electron chi connectivity index (χ1n) is 15.7. The summed E-state index contributed by atoms with van der Waals surface area (Å²) in [5, 5.41) is 14.6. The summed E-state index contributed by atoms with van der Waals surface area (Å²) in [4.78, 5) is 64.4. The highest BCUT2D eigenvalue weighted by Crippen LogP contribution is 2.25. The molecule has 0 aromatic heterocycles. The molecule has 2 unspecified atom stereocenters. The molecular weight excluding hydrogens is 615 g/mol. The van der Waals surface area contributed by atoms with Crippen LogP contribution in [0.5, 0.6) is 0 Å². The molecule has 0 saturated heterocycles. The molecule has 2 aromatic rings. The predicted octanol–water partition coefficient (Wildman–Crippen LogP) is 4.65. The first-order chi connectivity index (χ1) is 21.9.